The van der Waals surface area contributed by atoms with Crippen LogP contribution in [-0.4, -0.2) is 0 Å². The van der Waals surface area contributed by atoms with Gasteiger partial charge in [-0.15, -0.1) is 0 Å². The summed E-state index contributed by atoms with van der Waals surface area (Å²) in [4.78, 5) is 0. The minimum atomic E-state index is -4.34. The van der Waals surface area contributed by atoms with Crippen LogP contribution in [0, 0.1) is 11.8 Å². The first kappa shape index (κ1) is 17.6. The zero-order valence-electron chi connectivity index (χ0n) is 13.8. The lowest BCUT2D eigenvalue weighted by atomic mass is 10.1. The summed E-state index contributed by atoms with van der Waals surface area (Å²) in [6.45, 7) is 0. The lowest BCUT2D eigenvalue weighted by Gasteiger charge is -2.16. The number of nitrogens with one attached hydrogen (secondary N) is 1. The Hall–Kier alpha value is -3.19. The summed E-state index contributed by atoms with van der Waals surface area (Å²) in [5.74, 6) is 6.27. The van der Waals surface area contributed by atoms with Crippen molar-refractivity contribution in [2.24, 2.45) is 0 Å². The van der Waals surface area contributed by atoms with Crippen LogP contribution in [0.1, 0.15) is 22.7 Å². The number of anilines is 1. The fourth-order valence-electron chi connectivity index (χ4n) is 2.45. The molecule has 0 bridgehead atoms. The molecule has 3 rings (SSSR count). The van der Waals surface area contributed by atoms with Crippen molar-refractivity contribution < 1.29 is 13.2 Å². The van der Waals surface area contributed by atoms with E-state index >= 15 is 0 Å². The van der Waals surface area contributed by atoms with Crippen molar-refractivity contribution in [3.05, 3.63) is 102 Å². The number of hydrogen-bond donors (Lipinski definition) is 1. The molecule has 0 saturated heterocycles. The van der Waals surface area contributed by atoms with Crippen LogP contribution in [0.4, 0.5) is 18.9 Å². The maximum absolute atomic E-state index is 12.7. The molecule has 0 aliphatic carbocycles. The molecule has 0 fully saturated rings. The molecule has 3 aromatic rings. The molecule has 0 saturated carbocycles. The Morgan fingerprint density at radius 1 is 0.731 bits per heavy atom. The molecular weight excluding hydrogens is 335 g/mol. The van der Waals surface area contributed by atoms with Gasteiger partial charge in [0.05, 0.1) is 5.56 Å². The van der Waals surface area contributed by atoms with Crippen molar-refractivity contribution in [1.82, 2.24) is 0 Å². The van der Waals surface area contributed by atoms with Gasteiger partial charge in [-0.25, -0.2) is 0 Å². The summed E-state index contributed by atoms with van der Waals surface area (Å²) < 4.78 is 38.1. The Kier molecular flexibility index (Phi) is 5.28. The van der Waals surface area contributed by atoms with E-state index in [-0.39, 0.29) is 6.04 Å². The van der Waals surface area contributed by atoms with Gasteiger partial charge in [0.25, 0.3) is 0 Å². The Labute approximate surface area is 150 Å². The third-order valence-electron chi connectivity index (χ3n) is 3.79. The van der Waals surface area contributed by atoms with Crippen molar-refractivity contribution in [3.8, 4) is 11.8 Å². The molecule has 0 spiro atoms. The van der Waals surface area contributed by atoms with E-state index in [9.17, 15) is 13.2 Å². The summed E-state index contributed by atoms with van der Waals surface area (Å²) in [7, 11) is 0. The molecule has 26 heavy (non-hydrogen) atoms. The van der Waals surface area contributed by atoms with Crippen molar-refractivity contribution in [2.45, 2.75) is 12.2 Å². The molecule has 4 heteroatoms. The highest BCUT2D eigenvalue weighted by Gasteiger charge is 2.30. The van der Waals surface area contributed by atoms with E-state index < -0.39 is 11.7 Å². The highest BCUT2D eigenvalue weighted by Crippen LogP contribution is 2.30. The SMILES string of the molecule is FC(F)(F)c1ccc(NC(C#Cc2ccccc2)c2ccccc2)cc1. The first-order valence-electron chi connectivity index (χ1n) is 8.08. The molecule has 0 amide bonds. The molecule has 1 atom stereocenters. The molecule has 0 aliphatic heterocycles. The number of benzene rings is 3. The van der Waals surface area contributed by atoms with Gasteiger partial charge in [-0.3, -0.25) is 0 Å². The van der Waals surface area contributed by atoms with Gasteiger partial charge in [0.15, 0.2) is 0 Å². The Bertz CT molecular complexity index is 889. The van der Waals surface area contributed by atoms with Crippen LogP contribution >= 0.6 is 0 Å². The Morgan fingerprint density at radius 3 is 1.88 bits per heavy atom. The average molecular weight is 351 g/mol. The van der Waals surface area contributed by atoms with E-state index in [0.29, 0.717) is 5.69 Å². The first-order chi connectivity index (χ1) is 12.5. The summed E-state index contributed by atoms with van der Waals surface area (Å²) in [5.41, 5.74) is 1.72. The third kappa shape index (κ3) is 4.67. The van der Waals surface area contributed by atoms with E-state index in [1.54, 1.807) is 0 Å². The van der Waals surface area contributed by atoms with Gasteiger partial charge < -0.3 is 5.32 Å². The number of hydrogen-bond acceptors (Lipinski definition) is 1. The average Bonchev–Trinajstić information content (AvgIpc) is 2.66. The highest BCUT2D eigenvalue weighted by atomic mass is 19.4. The van der Waals surface area contributed by atoms with Gasteiger partial charge in [-0.05, 0) is 42.0 Å². The van der Waals surface area contributed by atoms with Crippen LogP contribution in [0.25, 0.3) is 0 Å². The molecular formula is C22H16F3N. The summed E-state index contributed by atoms with van der Waals surface area (Å²) in [6.07, 6.45) is -4.34. The Balaban J connectivity index is 1.86. The lowest BCUT2D eigenvalue weighted by Crippen LogP contribution is -2.09. The maximum atomic E-state index is 12.7. The topological polar surface area (TPSA) is 12.0 Å². The van der Waals surface area contributed by atoms with Crippen LogP contribution < -0.4 is 5.32 Å². The van der Waals surface area contributed by atoms with Gasteiger partial charge in [0, 0.05) is 11.3 Å². The van der Waals surface area contributed by atoms with Crippen molar-refractivity contribution in [1.29, 1.82) is 0 Å². The van der Waals surface area contributed by atoms with E-state index in [4.69, 9.17) is 0 Å². The standard InChI is InChI=1S/C22H16F3N/c23-22(24,25)19-12-14-20(15-13-19)26-21(18-9-5-2-6-10-18)16-11-17-7-3-1-4-8-17/h1-10,12-15,21,26H. The quantitative estimate of drug-likeness (QED) is 0.578. The summed E-state index contributed by atoms with van der Waals surface area (Å²) in [5, 5.41) is 3.20. The summed E-state index contributed by atoms with van der Waals surface area (Å²) in [6, 6.07) is 23.8. The van der Waals surface area contributed by atoms with Crippen LogP contribution in [0.3, 0.4) is 0 Å². The molecule has 1 nitrogen and oxygen atoms in total. The maximum Gasteiger partial charge on any atom is 0.416 e. The second kappa shape index (κ2) is 7.79. The summed E-state index contributed by atoms with van der Waals surface area (Å²) >= 11 is 0. The molecule has 0 heterocycles. The van der Waals surface area contributed by atoms with Gasteiger partial charge in [-0.2, -0.15) is 13.2 Å². The second-order valence-corrected chi connectivity index (χ2v) is 5.70. The fraction of sp³-hybridized carbons (Fsp3) is 0.0909. The normalized spacial score (nSPS) is 12.0. The van der Waals surface area contributed by atoms with Crippen molar-refractivity contribution >= 4 is 5.69 Å². The van der Waals surface area contributed by atoms with Crippen LogP contribution in [0.15, 0.2) is 84.9 Å². The minimum Gasteiger partial charge on any atom is -0.368 e. The molecule has 1 N–H and O–H groups in total. The number of halogens is 3. The zero-order valence-corrected chi connectivity index (χ0v) is 13.8. The third-order valence-corrected chi connectivity index (χ3v) is 3.79. The second-order valence-electron chi connectivity index (χ2n) is 5.70. The van der Waals surface area contributed by atoms with Crippen LogP contribution in [0.5, 0.6) is 0 Å². The van der Waals surface area contributed by atoms with E-state index in [1.165, 1.54) is 12.1 Å². The first-order valence-corrected chi connectivity index (χ1v) is 8.08. The van der Waals surface area contributed by atoms with E-state index in [0.717, 1.165) is 23.3 Å². The van der Waals surface area contributed by atoms with Gasteiger partial charge in [-0.1, -0.05) is 60.4 Å². The van der Waals surface area contributed by atoms with Gasteiger partial charge in [0.1, 0.15) is 6.04 Å². The van der Waals surface area contributed by atoms with Gasteiger partial charge >= 0.3 is 6.18 Å². The lowest BCUT2D eigenvalue weighted by molar-refractivity contribution is -0.137. The van der Waals surface area contributed by atoms with Gasteiger partial charge in [0.2, 0.25) is 0 Å². The smallest absolute Gasteiger partial charge is 0.368 e. The van der Waals surface area contributed by atoms with Crippen molar-refractivity contribution in [3.63, 3.8) is 0 Å². The van der Waals surface area contributed by atoms with E-state index in [1.807, 2.05) is 60.7 Å². The molecule has 0 radical (unpaired) electrons. The monoisotopic (exact) mass is 351 g/mol. The van der Waals surface area contributed by atoms with Crippen LogP contribution in [-0.2, 0) is 6.18 Å². The molecule has 1 unspecified atom stereocenters. The number of alkyl halides is 3. The fourth-order valence-corrected chi connectivity index (χ4v) is 2.45. The van der Waals surface area contributed by atoms with E-state index in [2.05, 4.69) is 17.2 Å². The molecule has 0 aromatic heterocycles. The predicted molar refractivity (Wildman–Crippen MR) is 97.6 cm³/mol. The predicted octanol–water partition coefficient (Wildman–Crippen LogP) is 5.91. The van der Waals surface area contributed by atoms with Crippen molar-refractivity contribution in [2.75, 3.05) is 5.32 Å². The Morgan fingerprint density at radius 2 is 1.31 bits per heavy atom. The van der Waals surface area contributed by atoms with Crippen LogP contribution in [0.2, 0.25) is 0 Å². The molecule has 3 aromatic carbocycles. The number of rotatable bonds is 3. The largest absolute Gasteiger partial charge is 0.416 e. The minimum absolute atomic E-state index is 0.340. The molecule has 0 aliphatic rings. The zero-order chi connectivity index (χ0) is 18.4. The molecule has 130 valence electrons. The highest BCUT2D eigenvalue weighted by molar-refractivity contribution is 5.50.